The Morgan fingerprint density at radius 2 is 1.56 bits per heavy atom. The van der Waals surface area contributed by atoms with Crippen LogP contribution in [-0.2, 0) is 6.54 Å². The van der Waals surface area contributed by atoms with E-state index in [1.807, 2.05) is 54.7 Å². The molecule has 0 bridgehead atoms. The Morgan fingerprint density at radius 1 is 0.861 bits per heavy atom. The number of fused-ring (bicyclic) bond motifs is 2. The quantitative estimate of drug-likeness (QED) is 0.256. The van der Waals surface area contributed by atoms with E-state index in [9.17, 15) is 0 Å². The van der Waals surface area contributed by atoms with Gasteiger partial charge in [0.05, 0.1) is 28.6 Å². The number of pyridine rings is 2. The summed E-state index contributed by atoms with van der Waals surface area (Å²) < 4.78 is 1.78. The second-order valence-corrected chi connectivity index (χ2v) is 9.45. The Labute approximate surface area is 219 Å². The van der Waals surface area contributed by atoms with Gasteiger partial charge in [-0.2, -0.15) is 0 Å². The van der Waals surface area contributed by atoms with Gasteiger partial charge in [0, 0.05) is 71.6 Å². The van der Waals surface area contributed by atoms with Gasteiger partial charge < -0.3 is 15.5 Å². The van der Waals surface area contributed by atoms with Crippen molar-refractivity contribution in [1.29, 1.82) is 0 Å². The smallest absolute Gasteiger partial charge is 0.0969 e. The van der Waals surface area contributed by atoms with Crippen molar-refractivity contribution >= 4 is 50.7 Å². The van der Waals surface area contributed by atoms with Gasteiger partial charge in [0.25, 0.3) is 0 Å². The SMILES string of the molecule is CN(CCNCc1cn(-c2ccnc3cc(Cl)ccc23)nn1)CCNc1ccnc2cc(Cl)ccc12. The lowest BCUT2D eigenvalue weighted by Crippen LogP contribution is -2.32. The number of rotatable bonds is 10. The highest BCUT2D eigenvalue weighted by Gasteiger charge is 2.08. The minimum Gasteiger partial charge on any atom is -0.383 e. The number of nitrogens with one attached hydrogen (secondary N) is 2. The van der Waals surface area contributed by atoms with Crippen molar-refractivity contribution in [2.45, 2.75) is 6.54 Å². The predicted octanol–water partition coefficient (Wildman–Crippen LogP) is 4.80. The van der Waals surface area contributed by atoms with E-state index in [0.717, 1.165) is 65.1 Å². The minimum absolute atomic E-state index is 0.645. The Balaban J connectivity index is 1.08. The van der Waals surface area contributed by atoms with Crippen molar-refractivity contribution in [2.75, 3.05) is 38.5 Å². The second kappa shape index (κ2) is 11.2. The summed E-state index contributed by atoms with van der Waals surface area (Å²) in [6.07, 6.45) is 5.50. The molecule has 0 saturated heterocycles. The summed E-state index contributed by atoms with van der Waals surface area (Å²) in [6, 6.07) is 15.4. The maximum absolute atomic E-state index is 6.10. The van der Waals surface area contributed by atoms with Gasteiger partial charge in [0.2, 0.25) is 0 Å². The van der Waals surface area contributed by atoms with E-state index < -0.39 is 0 Å². The molecule has 0 aliphatic carbocycles. The molecule has 0 aliphatic rings. The maximum atomic E-state index is 6.10. The van der Waals surface area contributed by atoms with Crippen LogP contribution in [0.1, 0.15) is 5.69 Å². The Kier molecular flexibility index (Phi) is 7.58. The summed E-state index contributed by atoms with van der Waals surface area (Å²) in [4.78, 5) is 11.1. The highest BCUT2D eigenvalue weighted by atomic mass is 35.5. The Morgan fingerprint density at radius 3 is 2.36 bits per heavy atom. The molecule has 3 aromatic heterocycles. The molecule has 0 fully saturated rings. The van der Waals surface area contributed by atoms with Gasteiger partial charge in [-0.1, -0.05) is 28.4 Å². The number of likely N-dealkylation sites (N-methyl/N-ethyl adjacent to an activating group) is 1. The van der Waals surface area contributed by atoms with Gasteiger partial charge in [-0.05, 0) is 55.6 Å². The lowest BCUT2D eigenvalue weighted by atomic mass is 10.2. The van der Waals surface area contributed by atoms with Crippen LogP contribution in [0.3, 0.4) is 0 Å². The van der Waals surface area contributed by atoms with Gasteiger partial charge in [0.1, 0.15) is 0 Å². The van der Waals surface area contributed by atoms with E-state index in [4.69, 9.17) is 23.2 Å². The van der Waals surface area contributed by atoms with Gasteiger partial charge in [-0.3, -0.25) is 9.97 Å². The molecule has 3 heterocycles. The molecule has 0 saturated carbocycles. The Bertz CT molecular complexity index is 1490. The first-order valence-electron chi connectivity index (χ1n) is 11.7. The van der Waals surface area contributed by atoms with Crippen LogP contribution in [0.2, 0.25) is 10.0 Å². The largest absolute Gasteiger partial charge is 0.383 e. The first-order chi connectivity index (χ1) is 17.6. The summed E-state index contributed by atoms with van der Waals surface area (Å²) in [5.41, 5.74) is 4.59. The van der Waals surface area contributed by atoms with Crippen LogP contribution in [0.25, 0.3) is 27.5 Å². The van der Waals surface area contributed by atoms with Crippen LogP contribution in [0.5, 0.6) is 0 Å². The molecular weight excluding hydrogens is 495 g/mol. The summed E-state index contributed by atoms with van der Waals surface area (Å²) >= 11 is 12.2. The van der Waals surface area contributed by atoms with E-state index in [1.54, 1.807) is 17.1 Å². The van der Waals surface area contributed by atoms with Crippen LogP contribution < -0.4 is 10.6 Å². The molecule has 0 spiro atoms. The van der Waals surface area contributed by atoms with Crippen LogP contribution in [0.15, 0.2) is 67.1 Å². The molecule has 2 aromatic carbocycles. The molecule has 0 unspecified atom stereocenters. The molecule has 36 heavy (non-hydrogen) atoms. The average molecular weight is 521 g/mol. The standard InChI is InChI=1S/C26H26Cl2N8/c1-35(13-11-32-23-6-8-30-24-14-18(27)2-4-21(23)24)12-10-29-16-20-17-36(34-33-20)26-7-9-31-25-15-19(28)3-5-22(25)26/h2-9,14-15,17,29H,10-13,16H2,1H3,(H,30,32). The van der Waals surface area contributed by atoms with E-state index in [2.05, 4.69) is 42.9 Å². The zero-order chi connectivity index (χ0) is 24.9. The molecule has 2 N–H and O–H groups in total. The van der Waals surface area contributed by atoms with Crippen LogP contribution in [0.4, 0.5) is 5.69 Å². The monoisotopic (exact) mass is 520 g/mol. The number of nitrogens with zero attached hydrogens (tertiary/aromatic N) is 6. The minimum atomic E-state index is 0.645. The van der Waals surface area contributed by atoms with E-state index in [1.165, 1.54) is 0 Å². The van der Waals surface area contributed by atoms with E-state index in [0.29, 0.717) is 16.6 Å². The third kappa shape index (κ3) is 5.74. The number of benzene rings is 2. The molecule has 8 nitrogen and oxygen atoms in total. The van der Waals surface area contributed by atoms with E-state index in [-0.39, 0.29) is 0 Å². The third-order valence-electron chi connectivity index (χ3n) is 5.96. The molecule has 0 amide bonds. The lowest BCUT2D eigenvalue weighted by molar-refractivity contribution is 0.343. The highest BCUT2D eigenvalue weighted by molar-refractivity contribution is 6.31. The molecule has 5 rings (SSSR count). The second-order valence-electron chi connectivity index (χ2n) is 8.57. The summed E-state index contributed by atoms with van der Waals surface area (Å²) in [5, 5.41) is 19.0. The van der Waals surface area contributed by atoms with Crippen molar-refractivity contribution in [2.24, 2.45) is 0 Å². The fourth-order valence-electron chi connectivity index (χ4n) is 4.06. The van der Waals surface area contributed by atoms with Gasteiger partial charge in [-0.25, -0.2) is 4.68 Å². The molecule has 10 heteroatoms. The number of hydrogen-bond donors (Lipinski definition) is 2. The van der Waals surface area contributed by atoms with Gasteiger partial charge in [0.15, 0.2) is 0 Å². The molecule has 0 atom stereocenters. The zero-order valence-electron chi connectivity index (χ0n) is 19.8. The summed E-state index contributed by atoms with van der Waals surface area (Å²) in [6.45, 7) is 4.15. The lowest BCUT2D eigenvalue weighted by Gasteiger charge is -2.18. The van der Waals surface area contributed by atoms with Crippen molar-refractivity contribution in [3.63, 3.8) is 0 Å². The highest BCUT2D eigenvalue weighted by Crippen LogP contribution is 2.24. The van der Waals surface area contributed by atoms with E-state index >= 15 is 0 Å². The van der Waals surface area contributed by atoms with Crippen molar-refractivity contribution in [1.82, 2.24) is 35.2 Å². The normalized spacial score (nSPS) is 11.6. The van der Waals surface area contributed by atoms with Crippen LogP contribution >= 0.6 is 23.2 Å². The molecular formula is C26H26Cl2N8. The van der Waals surface area contributed by atoms with Crippen molar-refractivity contribution in [3.05, 3.63) is 82.9 Å². The van der Waals surface area contributed by atoms with Crippen molar-refractivity contribution < 1.29 is 0 Å². The Hall–Kier alpha value is -3.30. The predicted molar refractivity (Wildman–Crippen MR) is 146 cm³/mol. The molecule has 0 radical (unpaired) electrons. The number of halogens is 2. The first kappa shape index (κ1) is 24.4. The summed E-state index contributed by atoms with van der Waals surface area (Å²) in [7, 11) is 2.12. The number of hydrogen-bond acceptors (Lipinski definition) is 7. The summed E-state index contributed by atoms with van der Waals surface area (Å²) in [5.74, 6) is 0. The molecule has 184 valence electrons. The molecule has 0 aliphatic heterocycles. The average Bonchev–Trinajstić information content (AvgIpc) is 3.35. The van der Waals surface area contributed by atoms with Crippen LogP contribution in [0, 0.1) is 0 Å². The maximum Gasteiger partial charge on any atom is 0.0969 e. The van der Waals surface area contributed by atoms with Crippen LogP contribution in [-0.4, -0.2) is 63.1 Å². The topological polar surface area (TPSA) is 83.8 Å². The van der Waals surface area contributed by atoms with Gasteiger partial charge in [-0.15, -0.1) is 5.10 Å². The fourth-order valence-corrected chi connectivity index (χ4v) is 4.39. The van der Waals surface area contributed by atoms with Crippen molar-refractivity contribution in [3.8, 4) is 5.69 Å². The number of anilines is 1. The zero-order valence-corrected chi connectivity index (χ0v) is 21.3. The third-order valence-corrected chi connectivity index (χ3v) is 6.43. The van der Waals surface area contributed by atoms with Gasteiger partial charge >= 0.3 is 0 Å². The number of aromatic nitrogens is 5. The first-order valence-corrected chi connectivity index (χ1v) is 12.5. The molecule has 5 aromatic rings. The fraction of sp³-hybridized carbons (Fsp3) is 0.231.